The molecule has 0 saturated carbocycles. The number of hydrogen-bond donors (Lipinski definition) is 2. The minimum atomic E-state index is -0.753. The van der Waals surface area contributed by atoms with Crippen molar-refractivity contribution in [2.24, 2.45) is 0 Å². The molecule has 4 rings (SSSR count). The first-order valence-electron chi connectivity index (χ1n) is 11.2. The summed E-state index contributed by atoms with van der Waals surface area (Å²) in [6, 6.07) is 24.6. The third-order valence-corrected chi connectivity index (χ3v) is 6.13. The standard InChI is InChI=1S/C28H18N8O2/c29-13-19-23(17-7-3-1-4-8-17)21(15-31)27(37)35(25(19)33)11-12-36-26(34)20(14-30)24(22(16-32)28(36)38)18-9-5-2-6-10-18/h1-10H,11-12,33-34H2. The third kappa shape index (κ3) is 4.01. The molecule has 0 spiro atoms. The number of nitrogens with zero attached hydrogens (tertiary/aromatic N) is 6. The van der Waals surface area contributed by atoms with Crippen LogP contribution in [0.1, 0.15) is 22.3 Å². The van der Waals surface area contributed by atoms with Gasteiger partial charge in [0.1, 0.15) is 58.2 Å². The highest BCUT2D eigenvalue weighted by atomic mass is 16.1. The molecule has 0 aliphatic rings. The number of aromatic nitrogens is 2. The third-order valence-electron chi connectivity index (χ3n) is 6.13. The van der Waals surface area contributed by atoms with Crippen molar-refractivity contribution in [2.75, 3.05) is 11.5 Å². The monoisotopic (exact) mass is 498 g/mol. The van der Waals surface area contributed by atoms with Crippen LogP contribution < -0.4 is 22.6 Å². The summed E-state index contributed by atoms with van der Waals surface area (Å²) in [7, 11) is 0. The van der Waals surface area contributed by atoms with E-state index in [0.717, 1.165) is 9.13 Å². The molecule has 0 atom stereocenters. The van der Waals surface area contributed by atoms with E-state index in [1.165, 1.54) is 0 Å². The Morgan fingerprint density at radius 1 is 0.553 bits per heavy atom. The van der Waals surface area contributed by atoms with Crippen molar-refractivity contribution in [3.8, 4) is 46.5 Å². The molecule has 0 bridgehead atoms. The summed E-state index contributed by atoms with van der Waals surface area (Å²) in [4.78, 5) is 26.6. The van der Waals surface area contributed by atoms with E-state index in [1.807, 2.05) is 24.3 Å². The summed E-state index contributed by atoms with van der Waals surface area (Å²) < 4.78 is 2.03. The second-order valence-electron chi connectivity index (χ2n) is 8.11. The Labute approximate surface area is 216 Å². The van der Waals surface area contributed by atoms with Crippen LogP contribution in [0, 0.1) is 45.3 Å². The van der Waals surface area contributed by atoms with Gasteiger partial charge in [-0.05, 0) is 11.1 Å². The fourth-order valence-corrected chi connectivity index (χ4v) is 4.34. The minimum absolute atomic E-state index is 0.0671. The maximum Gasteiger partial charge on any atom is 0.270 e. The van der Waals surface area contributed by atoms with Gasteiger partial charge in [0, 0.05) is 24.2 Å². The van der Waals surface area contributed by atoms with E-state index in [-0.39, 0.29) is 58.1 Å². The van der Waals surface area contributed by atoms with Crippen LogP contribution >= 0.6 is 0 Å². The second-order valence-corrected chi connectivity index (χ2v) is 8.11. The molecular weight excluding hydrogens is 480 g/mol. The smallest absolute Gasteiger partial charge is 0.270 e. The van der Waals surface area contributed by atoms with E-state index in [2.05, 4.69) is 0 Å². The zero-order valence-electron chi connectivity index (χ0n) is 19.8. The Bertz CT molecular complexity index is 1720. The zero-order valence-corrected chi connectivity index (χ0v) is 19.8. The topological polar surface area (TPSA) is 191 Å². The van der Waals surface area contributed by atoms with Crippen molar-refractivity contribution in [3.63, 3.8) is 0 Å². The van der Waals surface area contributed by atoms with Crippen LogP contribution in [0.15, 0.2) is 70.3 Å². The lowest BCUT2D eigenvalue weighted by atomic mass is 9.96. The van der Waals surface area contributed by atoms with Crippen LogP contribution in [0.25, 0.3) is 22.3 Å². The van der Waals surface area contributed by atoms with Gasteiger partial charge in [-0.15, -0.1) is 0 Å². The van der Waals surface area contributed by atoms with E-state index >= 15 is 0 Å². The number of nitriles is 4. The molecule has 2 aromatic carbocycles. The molecule has 0 saturated heterocycles. The van der Waals surface area contributed by atoms with E-state index in [1.54, 1.807) is 60.7 Å². The summed E-state index contributed by atoms with van der Waals surface area (Å²) in [6.45, 7) is -0.513. The highest BCUT2D eigenvalue weighted by molar-refractivity contribution is 5.81. The number of benzene rings is 2. The van der Waals surface area contributed by atoms with E-state index in [4.69, 9.17) is 11.5 Å². The van der Waals surface area contributed by atoms with E-state index in [0.29, 0.717) is 11.1 Å². The average molecular weight is 499 g/mol. The number of rotatable bonds is 5. The van der Waals surface area contributed by atoms with Gasteiger partial charge in [-0.3, -0.25) is 18.7 Å². The number of pyridine rings is 2. The van der Waals surface area contributed by atoms with Crippen LogP contribution in [0.5, 0.6) is 0 Å². The number of hydrogen-bond acceptors (Lipinski definition) is 8. The highest BCUT2D eigenvalue weighted by Crippen LogP contribution is 2.30. The molecule has 10 nitrogen and oxygen atoms in total. The first-order chi connectivity index (χ1) is 18.4. The van der Waals surface area contributed by atoms with Gasteiger partial charge >= 0.3 is 0 Å². The lowest BCUT2D eigenvalue weighted by Gasteiger charge is -2.18. The quantitative estimate of drug-likeness (QED) is 0.419. The van der Waals surface area contributed by atoms with Crippen molar-refractivity contribution < 1.29 is 0 Å². The number of nitrogens with two attached hydrogens (primary N) is 2. The van der Waals surface area contributed by atoms with Crippen LogP contribution in [-0.4, -0.2) is 9.13 Å². The van der Waals surface area contributed by atoms with Crippen LogP contribution in [0.3, 0.4) is 0 Å². The van der Waals surface area contributed by atoms with Crippen LogP contribution in [-0.2, 0) is 13.1 Å². The van der Waals surface area contributed by atoms with Gasteiger partial charge in [0.25, 0.3) is 11.1 Å². The molecule has 0 unspecified atom stereocenters. The second kappa shape index (κ2) is 10.3. The lowest BCUT2D eigenvalue weighted by molar-refractivity contribution is 0.562. The van der Waals surface area contributed by atoms with Gasteiger partial charge in [-0.1, -0.05) is 60.7 Å². The van der Waals surface area contributed by atoms with Crippen molar-refractivity contribution in [1.29, 1.82) is 21.0 Å². The molecule has 10 heteroatoms. The van der Waals surface area contributed by atoms with Gasteiger partial charge in [0.2, 0.25) is 0 Å². The van der Waals surface area contributed by atoms with Crippen LogP contribution in [0.4, 0.5) is 11.6 Å². The molecule has 0 amide bonds. The molecule has 0 fully saturated rings. The van der Waals surface area contributed by atoms with Gasteiger partial charge in [-0.25, -0.2) is 0 Å². The minimum Gasteiger partial charge on any atom is -0.384 e. The summed E-state index contributed by atoms with van der Waals surface area (Å²) in [5.74, 6) is -0.382. The number of anilines is 2. The van der Waals surface area contributed by atoms with Crippen LogP contribution in [0.2, 0.25) is 0 Å². The molecule has 0 aliphatic carbocycles. The first kappa shape index (κ1) is 25.0. The Morgan fingerprint density at radius 2 is 0.868 bits per heavy atom. The fourth-order valence-electron chi connectivity index (χ4n) is 4.34. The molecule has 2 aromatic heterocycles. The predicted molar refractivity (Wildman–Crippen MR) is 140 cm³/mol. The number of nitrogen functional groups attached to an aromatic ring is 2. The fraction of sp³-hybridized carbons (Fsp3) is 0.0714. The van der Waals surface area contributed by atoms with E-state index in [9.17, 15) is 30.6 Å². The Hall–Kier alpha value is -6.10. The highest BCUT2D eigenvalue weighted by Gasteiger charge is 2.24. The Balaban J connectivity index is 1.88. The van der Waals surface area contributed by atoms with Crippen molar-refractivity contribution >= 4 is 11.6 Å². The predicted octanol–water partition coefficient (Wildman–Crippen LogP) is 2.70. The largest absolute Gasteiger partial charge is 0.384 e. The molecule has 182 valence electrons. The van der Waals surface area contributed by atoms with Crippen molar-refractivity contribution in [2.45, 2.75) is 13.1 Å². The van der Waals surface area contributed by atoms with Gasteiger partial charge in [0.05, 0.1) is 0 Å². The van der Waals surface area contributed by atoms with Crippen molar-refractivity contribution in [3.05, 3.63) is 104 Å². The maximum atomic E-state index is 13.3. The zero-order chi connectivity index (χ0) is 27.4. The molecule has 38 heavy (non-hydrogen) atoms. The molecule has 2 heterocycles. The molecule has 4 N–H and O–H groups in total. The van der Waals surface area contributed by atoms with Crippen molar-refractivity contribution in [1.82, 2.24) is 9.13 Å². The lowest BCUT2D eigenvalue weighted by Crippen LogP contribution is -2.33. The maximum absolute atomic E-state index is 13.3. The molecular formula is C28H18N8O2. The summed E-state index contributed by atoms with van der Waals surface area (Å²) in [6.07, 6.45) is 0. The molecule has 0 aliphatic heterocycles. The average Bonchev–Trinajstić information content (AvgIpc) is 2.94. The first-order valence-corrected chi connectivity index (χ1v) is 11.2. The van der Waals surface area contributed by atoms with Gasteiger partial charge in [0.15, 0.2) is 0 Å². The van der Waals surface area contributed by atoms with E-state index < -0.39 is 11.1 Å². The normalized spacial score (nSPS) is 10.1. The summed E-state index contributed by atoms with van der Waals surface area (Å²) in [5.41, 5.74) is 11.4. The Morgan fingerprint density at radius 3 is 1.16 bits per heavy atom. The molecule has 4 aromatic rings. The SMILES string of the molecule is N#Cc1c(-c2ccccc2)c(C#N)c(=O)n(CCn2c(N)c(C#N)c(-c3ccccc3)c(C#N)c2=O)c1N. The summed E-state index contributed by atoms with van der Waals surface area (Å²) in [5, 5.41) is 39.3. The Kier molecular flexibility index (Phi) is 6.75. The molecule has 0 radical (unpaired) electrons. The van der Waals surface area contributed by atoms with Gasteiger partial charge in [-0.2, -0.15) is 21.0 Å². The summed E-state index contributed by atoms with van der Waals surface area (Å²) >= 11 is 0. The van der Waals surface area contributed by atoms with Gasteiger partial charge < -0.3 is 11.5 Å².